The highest BCUT2D eigenvalue weighted by Crippen LogP contribution is 2.31. The van der Waals surface area contributed by atoms with Gasteiger partial charge < -0.3 is 4.74 Å². The van der Waals surface area contributed by atoms with Crippen LogP contribution in [-0.4, -0.2) is 9.63 Å². The molecular formula is C9H6Cl3FO2S. The van der Waals surface area contributed by atoms with E-state index in [0.717, 1.165) is 0 Å². The van der Waals surface area contributed by atoms with Crippen molar-refractivity contribution in [3.8, 4) is 0 Å². The van der Waals surface area contributed by atoms with Crippen molar-refractivity contribution in [3.05, 3.63) is 35.6 Å². The molecule has 88 valence electrons. The third-order valence-corrected chi connectivity index (χ3v) is 2.42. The fraction of sp³-hybridized carbons (Fsp3) is 0.222. The van der Waals surface area contributed by atoms with Crippen molar-refractivity contribution in [3.63, 3.8) is 0 Å². The zero-order valence-corrected chi connectivity index (χ0v) is 10.8. The highest BCUT2D eigenvalue weighted by molar-refractivity contribution is 7.86. The van der Waals surface area contributed by atoms with E-state index in [9.17, 15) is 9.18 Å². The van der Waals surface area contributed by atoms with Gasteiger partial charge in [-0.15, -0.1) is 12.6 Å². The number of carbonyl (C=O) groups is 1. The zero-order valence-electron chi connectivity index (χ0n) is 7.66. The maximum atomic E-state index is 12.6. The Hall–Kier alpha value is -0.160. The molecule has 7 heteroatoms. The van der Waals surface area contributed by atoms with Gasteiger partial charge in [0.1, 0.15) is 5.82 Å². The minimum Gasteiger partial charge on any atom is -0.439 e. The molecule has 1 rings (SSSR count). The summed E-state index contributed by atoms with van der Waals surface area (Å²) in [5.74, 6) is -1.42. The highest BCUT2D eigenvalue weighted by Gasteiger charge is 2.32. The number of thiol groups is 1. The number of hydrogen-bond acceptors (Lipinski definition) is 3. The Morgan fingerprint density at radius 1 is 1.38 bits per heavy atom. The predicted molar refractivity (Wildman–Crippen MR) is 64.5 cm³/mol. The largest absolute Gasteiger partial charge is 0.439 e. The normalized spacial score (nSPS) is 13.3. The van der Waals surface area contributed by atoms with Crippen LogP contribution in [0.5, 0.6) is 0 Å². The van der Waals surface area contributed by atoms with Crippen LogP contribution < -0.4 is 0 Å². The summed E-state index contributed by atoms with van der Waals surface area (Å²) in [7, 11) is 0. The van der Waals surface area contributed by atoms with Crippen LogP contribution in [0.2, 0.25) is 0 Å². The van der Waals surface area contributed by atoms with E-state index in [0.29, 0.717) is 5.56 Å². The number of rotatable bonds is 3. The van der Waals surface area contributed by atoms with Gasteiger partial charge in [0, 0.05) is 5.56 Å². The third kappa shape index (κ3) is 4.01. The fourth-order valence-electron chi connectivity index (χ4n) is 0.847. The topological polar surface area (TPSA) is 26.3 Å². The molecule has 0 aromatic heterocycles. The first-order chi connectivity index (χ1) is 7.30. The van der Waals surface area contributed by atoms with Crippen molar-refractivity contribution in [1.82, 2.24) is 0 Å². The Morgan fingerprint density at radius 2 is 1.88 bits per heavy atom. The lowest BCUT2D eigenvalue weighted by molar-refractivity contribution is -0.144. The molecule has 0 aliphatic rings. The van der Waals surface area contributed by atoms with Gasteiger partial charge in [0.2, 0.25) is 5.56 Å². The van der Waals surface area contributed by atoms with Crippen LogP contribution in [0.4, 0.5) is 4.39 Å². The van der Waals surface area contributed by atoms with Gasteiger partial charge in [-0.3, -0.25) is 0 Å². The van der Waals surface area contributed by atoms with Crippen LogP contribution >= 0.6 is 47.4 Å². The van der Waals surface area contributed by atoms with E-state index in [4.69, 9.17) is 39.5 Å². The van der Waals surface area contributed by atoms with Crippen LogP contribution in [0.15, 0.2) is 24.3 Å². The molecule has 1 aromatic carbocycles. The number of alkyl halides is 3. The van der Waals surface area contributed by atoms with E-state index in [2.05, 4.69) is 12.6 Å². The molecule has 0 saturated heterocycles. The quantitative estimate of drug-likeness (QED) is 0.524. The Kier molecular flexibility index (Phi) is 4.73. The summed E-state index contributed by atoms with van der Waals surface area (Å²) >= 11 is 20.1. The molecule has 0 aliphatic heterocycles. The van der Waals surface area contributed by atoms with Crippen LogP contribution in [0.1, 0.15) is 11.1 Å². The molecule has 1 aromatic rings. The summed E-state index contributed by atoms with van der Waals surface area (Å²) < 4.78 is 15.3. The standard InChI is InChI=1S/C9H6Cl3FO2S/c10-7(15-8(14)9(11,12)16)5-1-3-6(13)4-2-5/h1-4,7,16H. The molecule has 0 bridgehead atoms. The molecule has 0 radical (unpaired) electrons. The smallest absolute Gasteiger partial charge is 0.354 e. The van der Waals surface area contributed by atoms with Crippen LogP contribution in [0, 0.1) is 5.82 Å². The summed E-state index contributed by atoms with van der Waals surface area (Å²) in [5, 5.41) is 0. The molecule has 0 N–H and O–H groups in total. The lowest BCUT2D eigenvalue weighted by atomic mass is 10.2. The lowest BCUT2D eigenvalue weighted by Crippen LogP contribution is -2.22. The summed E-state index contributed by atoms with van der Waals surface area (Å²) in [6.07, 6.45) is 0. The Balaban J connectivity index is 2.69. The van der Waals surface area contributed by atoms with Gasteiger partial charge >= 0.3 is 5.97 Å². The average molecular weight is 304 g/mol. The first-order valence-electron chi connectivity index (χ1n) is 4.01. The molecule has 0 aliphatic carbocycles. The van der Waals surface area contributed by atoms with Gasteiger partial charge in [-0.1, -0.05) is 46.9 Å². The third-order valence-electron chi connectivity index (χ3n) is 1.59. The summed E-state index contributed by atoms with van der Waals surface area (Å²) in [4.78, 5) is 11.2. The second-order valence-corrected chi connectivity index (χ2v) is 5.74. The lowest BCUT2D eigenvalue weighted by Gasteiger charge is -2.15. The molecule has 0 amide bonds. The number of benzene rings is 1. The molecule has 0 heterocycles. The fourth-order valence-corrected chi connectivity index (χ4v) is 1.22. The monoisotopic (exact) mass is 302 g/mol. The zero-order chi connectivity index (χ0) is 12.3. The van der Waals surface area contributed by atoms with Crippen LogP contribution in [0.3, 0.4) is 0 Å². The van der Waals surface area contributed by atoms with E-state index in [1.807, 2.05) is 0 Å². The Labute approximate surface area is 112 Å². The number of carbonyl (C=O) groups excluding carboxylic acids is 1. The SMILES string of the molecule is O=C(OC(Cl)c1ccc(F)cc1)C(S)(Cl)Cl. The van der Waals surface area contributed by atoms with Gasteiger partial charge in [0.15, 0.2) is 0 Å². The average Bonchev–Trinajstić information content (AvgIpc) is 2.17. The van der Waals surface area contributed by atoms with Crippen LogP contribution in [-0.2, 0) is 9.53 Å². The molecule has 0 spiro atoms. The van der Waals surface area contributed by atoms with Crippen LogP contribution in [0.25, 0.3) is 0 Å². The van der Waals surface area contributed by atoms with E-state index in [1.165, 1.54) is 24.3 Å². The summed E-state index contributed by atoms with van der Waals surface area (Å²) in [6, 6.07) is 5.13. The van der Waals surface area contributed by atoms with Gasteiger partial charge in [-0.05, 0) is 12.1 Å². The predicted octanol–water partition coefficient (Wildman–Crippen LogP) is 3.67. The summed E-state index contributed by atoms with van der Waals surface area (Å²) in [6.45, 7) is 0. The molecule has 0 saturated carbocycles. The van der Waals surface area contributed by atoms with Gasteiger partial charge in [-0.25, -0.2) is 9.18 Å². The molecule has 2 nitrogen and oxygen atoms in total. The van der Waals surface area contributed by atoms with Crippen molar-refractivity contribution in [2.24, 2.45) is 0 Å². The van der Waals surface area contributed by atoms with Crippen molar-refractivity contribution in [2.45, 2.75) is 9.23 Å². The van der Waals surface area contributed by atoms with Crippen molar-refractivity contribution in [1.29, 1.82) is 0 Å². The Bertz CT molecular complexity index is 377. The molecule has 16 heavy (non-hydrogen) atoms. The van der Waals surface area contributed by atoms with Gasteiger partial charge in [0.05, 0.1) is 0 Å². The Morgan fingerprint density at radius 3 is 2.31 bits per heavy atom. The highest BCUT2D eigenvalue weighted by atomic mass is 35.5. The van der Waals surface area contributed by atoms with E-state index in [-0.39, 0.29) is 0 Å². The maximum Gasteiger partial charge on any atom is 0.354 e. The van der Waals surface area contributed by atoms with Crippen molar-refractivity contribution in [2.75, 3.05) is 0 Å². The summed E-state index contributed by atoms with van der Waals surface area (Å²) in [5.41, 5.74) is -0.695. The number of ether oxygens (including phenoxy) is 1. The van der Waals surface area contributed by atoms with Gasteiger partial charge in [-0.2, -0.15) is 0 Å². The minimum atomic E-state index is -1.97. The maximum absolute atomic E-state index is 12.6. The molecule has 0 fully saturated rings. The first kappa shape index (κ1) is 13.9. The van der Waals surface area contributed by atoms with E-state index >= 15 is 0 Å². The minimum absolute atomic E-state index is 0.405. The number of hydrogen-bond donors (Lipinski definition) is 1. The van der Waals surface area contributed by atoms with Crippen molar-refractivity contribution >= 4 is 53.4 Å². The van der Waals surface area contributed by atoms with E-state index in [1.54, 1.807) is 0 Å². The molecular weight excluding hydrogens is 298 g/mol. The first-order valence-corrected chi connectivity index (χ1v) is 5.65. The second kappa shape index (κ2) is 5.45. The van der Waals surface area contributed by atoms with Crippen molar-refractivity contribution < 1.29 is 13.9 Å². The number of esters is 1. The van der Waals surface area contributed by atoms with E-state index < -0.39 is 21.0 Å². The van der Waals surface area contributed by atoms with Gasteiger partial charge in [0.25, 0.3) is 3.67 Å². The number of halogens is 4. The molecule has 1 unspecified atom stereocenters. The second-order valence-electron chi connectivity index (χ2n) is 2.81. The molecule has 1 atom stereocenters.